The summed E-state index contributed by atoms with van der Waals surface area (Å²) in [5.41, 5.74) is 0.552. The second-order valence-corrected chi connectivity index (χ2v) is 6.06. The third-order valence-electron chi connectivity index (χ3n) is 4.47. The van der Waals surface area contributed by atoms with Gasteiger partial charge in [-0.25, -0.2) is 0 Å². The lowest BCUT2D eigenvalue weighted by atomic mass is 9.87. The molecule has 0 bridgehead atoms. The Hall–Kier alpha value is -2.11. The maximum atomic E-state index is 11.4. The van der Waals surface area contributed by atoms with E-state index in [1.807, 2.05) is 30.3 Å². The molecule has 1 aromatic carbocycles. The molecule has 1 atom stereocenters. The molecule has 2 N–H and O–H groups in total. The molecule has 1 aromatic heterocycles. The third kappa shape index (κ3) is 3.81. The molecule has 2 aromatic rings. The average Bonchev–Trinajstić information content (AvgIpc) is 2.59. The number of aliphatic hydroxyl groups is 1. The number of benzene rings is 1. The second kappa shape index (κ2) is 6.98. The van der Waals surface area contributed by atoms with Crippen molar-refractivity contribution >= 4 is 0 Å². The fraction of sp³-hybridized carbons (Fsp3) is 0.389. The predicted molar refractivity (Wildman–Crippen MR) is 86.0 cm³/mol. The summed E-state index contributed by atoms with van der Waals surface area (Å²) in [5, 5.41) is 19.7. The Balaban J connectivity index is 1.56. The van der Waals surface area contributed by atoms with Crippen molar-refractivity contribution in [3.63, 3.8) is 0 Å². The van der Waals surface area contributed by atoms with E-state index in [9.17, 15) is 15.0 Å². The summed E-state index contributed by atoms with van der Waals surface area (Å²) in [6, 6.07) is 11.1. The molecule has 0 aliphatic carbocycles. The highest BCUT2D eigenvalue weighted by Crippen LogP contribution is 2.30. The summed E-state index contributed by atoms with van der Waals surface area (Å²) >= 11 is 0. The summed E-state index contributed by atoms with van der Waals surface area (Å²) in [7, 11) is 0. The van der Waals surface area contributed by atoms with Crippen LogP contribution in [0.2, 0.25) is 0 Å². The fourth-order valence-electron chi connectivity index (χ4n) is 3.10. The summed E-state index contributed by atoms with van der Waals surface area (Å²) < 4.78 is 5.24. The first-order valence-corrected chi connectivity index (χ1v) is 7.89. The number of hydrogen-bond donors (Lipinski definition) is 2. The van der Waals surface area contributed by atoms with Crippen LogP contribution >= 0.6 is 0 Å². The van der Waals surface area contributed by atoms with Gasteiger partial charge in [-0.1, -0.05) is 30.3 Å². The quantitative estimate of drug-likeness (QED) is 0.905. The lowest BCUT2D eigenvalue weighted by molar-refractivity contribution is 0.0547. The van der Waals surface area contributed by atoms with Gasteiger partial charge in [-0.05, 0) is 37.4 Å². The molecule has 1 fully saturated rings. The zero-order valence-electron chi connectivity index (χ0n) is 12.9. The summed E-state index contributed by atoms with van der Waals surface area (Å²) in [4.78, 5) is 13.6. The van der Waals surface area contributed by atoms with Crippen LogP contribution in [0.3, 0.4) is 0 Å². The number of piperidine rings is 1. The molecule has 0 amide bonds. The van der Waals surface area contributed by atoms with Gasteiger partial charge in [0.25, 0.3) is 0 Å². The van der Waals surface area contributed by atoms with Crippen LogP contribution in [0.5, 0.6) is 5.75 Å². The fourth-order valence-corrected chi connectivity index (χ4v) is 3.10. The van der Waals surface area contributed by atoms with E-state index in [4.69, 9.17) is 4.42 Å². The summed E-state index contributed by atoms with van der Waals surface area (Å²) in [5.74, 6) is 0.439. The Bertz CT molecular complexity index is 690. The number of aromatic hydroxyl groups is 1. The minimum absolute atomic E-state index is 0.250. The van der Waals surface area contributed by atoms with Crippen molar-refractivity contribution in [2.45, 2.75) is 25.5 Å². The Kier molecular flexibility index (Phi) is 4.79. The van der Waals surface area contributed by atoms with Crippen molar-refractivity contribution in [3.05, 3.63) is 64.2 Å². The minimum Gasteiger partial charge on any atom is -0.502 e. The highest BCUT2D eigenvalue weighted by molar-refractivity contribution is 5.18. The van der Waals surface area contributed by atoms with Gasteiger partial charge in [0.1, 0.15) is 12.0 Å². The van der Waals surface area contributed by atoms with Gasteiger partial charge in [0.2, 0.25) is 5.43 Å². The minimum atomic E-state index is -0.426. The van der Waals surface area contributed by atoms with Crippen LogP contribution in [-0.2, 0) is 6.54 Å². The molecule has 1 aliphatic heterocycles. The topological polar surface area (TPSA) is 73.9 Å². The van der Waals surface area contributed by atoms with Crippen LogP contribution in [0.25, 0.3) is 0 Å². The number of aliphatic hydroxyl groups excluding tert-OH is 1. The number of nitrogens with zero attached hydrogens (tertiary/aromatic N) is 1. The van der Waals surface area contributed by atoms with Crippen molar-refractivity contribution in [2.75, 3.05) is 13.1 Å². The van der Waals surface area contributed by atoms with E-state index in [0.717, 1.165) is 37.8 Å². The van der Waals surface area contributed by atoms with Crippen molar-refractivity contribution in [2.24, 2.45) is 5.92 Å². The average molecular weight is 315 g/mol. The van der Waals surface area contributed by atoms with Gasteiger partial charge in [0, 0.05) is 6.07 Å². The Morgan fingerprint density at radius 1 is 1.22 bits per heavy atom. The SMILES string of the molecule is O=c1cc(CN2CCC(C(O)c3ccccc3)CC2)occ1O. The van der Waals surface area contributed by atoms with Crippen molar-refractivity contribution in [3.8, 4) is 5.75 Å². The molecule has 2 heterocycles. The molecular weight excluding hydrogens is 294 g/mol. The molecule has 1 unspecified atom stereocenters. The number of hydrogen-bond acceptors (Lipinski definition) is 5. The first-order valence-electron chi connectivity index (χ1n) is 7.89. The monoisotopic (exact) mass is 315 g/mol. The standard InChI is InChI=1S/C18H21NO4/c20-16-10-15(23-12-17(16)21)11-19-8-6-14(7-9-19)18(22)13-4-2-1-3-5-13/h1-5,10,12,14,18,21-22H,6-9,11H2. The highest BCUT2D eigenvalue weighted by Gasteiger charge is 2.26. The van der Waals surface area contributed by atoms with Crippen molar-refractivity contribution < 1.29 is 14.6 Å². The van der Waals surface area contributed by atoms with Crippen LogP contribution in [0, 0.1) is 5.92 Å². The Labute approximate surface area is 134 Å². The third-order valence-corrected chi connectivity index (χ3v) is 4.47. The van der Waals surface area contributed by atoms with Crippen LogP contribution < -0.4 is 5.43 Å². The van der Waals surface area contributed by atoms with E-state index in [-0.39, 0.29) is 11.7 Å². The van der Waals surface area contributed by atoms with Gasteiger partial charge < -0.3 is 14.6 Å². The van der Waals surface area contributed by atoms with Crippen LogP contribution in [0.1, 0.15) is 30.3 Å². The van der Waals surface area contributed by atoms with Gasteiger partial charge in [-0.15, -0.1) is 0 Å². The molecule has 0 saturated carbocycles. The van der Waals surface area contributed by atoms with Crippen LogP contribution in [-0.4, -0.2) is 28.2 Å². The number of likely N-dealkylation sites (tertiary alicyclic amines) is 1. The largest absolute Gasteiger partial charge is 0.502 e. The van der Waals surface area contributed by atoms with Gasteiger partial charge >= 0.3 is 0 Å². The van der Waals surface area contributed by atoms with Gasteiger partial charge in [0.15, 0.2) is 5.75 Å². The molecule has 1 saturated heterocycles. The molecule has 0 spiro atoms. The molecule has 23 heavy (non-hydrogen) atoms. The Morgan fingerprint density at radius 2 is 1.91 bits per heavy atom. The first kappa shape index (κ1) is 15.8. The predicted octanol–water partition coefficient (Wildman–Crippen LogP) is 2.29. The molecule has 5 nitrogen and oxygen atoms in total. The highest BCUT2D eigenvalue weighted by atomic mass is 16.4. The molecule has 0 radical (unpaired) electrons. The van der Waals surface area contributed by atoms with E-state index < -0.39 is 11.5 Å². The smallest absolute Gasteiger partial charge is 0.226 e. The molecule has 122 valence electrons. The molecule has 3 rings (SSSR count). The second-order valence-electron chi connectivity index (χ2n) is 6.06. The Morgan fingerprint density at radius 3 is 2.57 bits per heavy atom. The lowest BCUT2D eigenvalue weighted by Crippen LogP contribution is -2.35. The van der Waals surface area contributed by atoms with E-state index in [0.29, 0.717) is 12.3 Å². The molecule has 5 heteroatoms. The first-order chi connectivity index (χ1) is 11.1. The van der Waals surface area contributed by atoms with Crippen LogP contribution in [0.15, 0.2) is 51.9 Å². The lowest BCUT2D eigenvalue weighted by Gasteiger charge is -2.34. The normalized spacial score (nSPS) is 18.0. The maximum Gasteiger partial charge on any atom is 0.226 e. The summed E-state index contributed by atoms with van der Waals surface area (Å²) in [6.07, 6.45) is 2.46. The van der Waals surface area contributed by atoms with Crippen molar-refractivity contribution in [1.29, 1.82) is 0 Å². The van der Waals surface area contributed by atoms with E-state index in [2.05, 4.69) is 4.90 Å². The van der Waals surface area contributed by atoms with Crippen molar-refractivity contribution in [1.82, 2.24) is 4.90 Å². The van der Waals surface area contributed by atoms with E-state index in [1.165, 1.54) is 6.07 Å². The zero-order valence-corrected chi connectivity index (χ0v) is 12.9. The van der Waals surface area contributed by atoms with Gasteiger partial charge in [-0.3, -0.25) is 9.69 Å². The van der Waals surface area contributed by atoms with Gasteiger partial charge in [0.05, 0.1) is 12.6 Å². The van der Waals surface area contributed by atoms with Gasteiger partial charge in [-0.2, -0.15) is 0 Å². The molecular formula is C18H21NO4. The van der Waals surface area contributed by atoms with E-state index >= 15 is 0 Å². The number of rotatable bonds is 4. The zero-order chi connectivity index (χ0) is 16.2. The summed E-state index contributed by atoms with van der Waals surface area (Å²) in [6.45, 7) is 2.24. The maximum absolute atomic E-state index is 11.4. The molecule has 1 aliphatic rings. The van der Waals surface area contributed by atoms with E-state index in [1.54, 1.807) is 0 Å². The van der Waals surface area contributed by atoms with Crippen LogP contribution in [0.4, 0.5) is 0 Å².